The first-order valence-electron chi connectivity index (χ1n) is 4.81. The molecule has 1 saturated heterocycles. The maximum Gasteiger partial charge on any atom is 0.106 e. The van der Waals surface area contributed by atoms with Crippen molar-refractivity contribution >= 4 is 11.8 Å². The minimum Gasteiger partial charge on any atom is -0.307 e. The summed E-state index contributed by atoms with van der Waals surface area (Å²) >= 11 is 1.96. The molecule has 1 aliphatic heterocycles. The van der Waals surface area contributed by atoms with Crippen molar-refractivity contribution in [1.82, 2.24) is 4.90 Å². The summed E-state index contributed by atoms with van der Waals surface area (Å²) in [5, 5.41) is 0.814. The van der Waals surface area contributed by atoms with Gasteiger partial charge < -0.3 is 5.73 Å². The molecule has 70 valence electrons. The third-order valence-electron chi connectivity index (χ3n) is 3.26. The fourth-order valence-electron chi connectivity index (χ4n) is 2.39. The zero-order valence-electron chi connectivity index (χ0n) is 7.86. The van der Waals surface area contributed by atoms with Gasteiger partial charge in [-0.05, 0) is 32.2 Å². The molecule has 3 heteroatoms. The van der Waals surface area contributed by atoms with Gasteiger partial charge >= 0.3 is 0 Å². The van der Waals surface area contributed by atoms with Crippen LogP contribution in [-0.4, -0.2) is 28.7 Å². The molecular formula is C9H18N2S. The molecule has 1 unspecified atom stereocenters. The lowest BCUT2D eigenvalue weighted by Crippen LogP contribution is -2.41. The molecule has 0 spiro atoms. The van der Waals surface area contributed by atoms with Gasteiger partial charge in [-0.2, -0.15) is 0 Å². The van der Waals surface area contributed by atoms with E-state index < -0.39 is 0 Å². The van der Waals surface area contributed by atoms with Crippen molar-refractivity contribution in [1.29, 1.82) is 0 Å². The van der Waals surface area contributed by atoms with Crippen molar-refractivity contribution in [3.05, 3.63) is 0 Å². The highest BCUT2D eigenvalue weighted by Crippen LogP contribution is 2.42. The lowest BCUT2D eigenvalue weighted by atomic mass is 9.86. The van der Waals surface area contributed by atoms with Crippen LogP contribution >= 0.6 is 11.8 Å². The van der Waals surface area contributed by atoms with Gasteiger partial charge in [0.25, 0.3) is 0 Å². The molecule has 0 aromatic carbocycles. The van der Waals surface area contributed by atoms with Crippen molar-refractivity contribution < 1.29 is 0 Å². The average Bonchev–Trinajstić information content (AvgIpc) is 2.28. The van der Waals surface area contributed by atoms with E-state index >= 15 is 0 Å². The van der Waals surface area contributed by atoms with Gasteiger partial charge in [0.1, 0.15) is 5.50 Å². The highest BCUT2D eigenvalue weighted by Gasteiger charge is 2.40. The molecule has 2 rings (SSSR count). The average molecular weight is 186 g/mol. The second-order valence-electron chi connectivity index (χ2n) is 4.22. The Labute approximate surface area is 78.9 Å². The van der Waals surface area contributed by atoms with E-state index in [2.05, 4.69) is 18.9 Å². The van der Waals surface area contributed by atoms with Crippen LogP contribution in [0.3, 0.4) is 0 Å². The van der Waals surface area contributed by atoms with E-state index in [4.69, 9.17) is 5.73 Å². The summed E-state index contributed by atoms with van der Waals surface area (Å²) in [6.07, 6.45) is 4.11. The number of rotatable bonds is 0. The second kappa shape index (κ2) is 3.20. The van der Waals surface area contributed by atoms with E-state index in [0.29, 0.717) is 0 Å². The molecule has 0 radical (unpaired) electrons. The molecule has 2 fully saturated rings. The maximum atomic E-state index is 5.97. The first-order valence-corrected chi connectivity index (χ1v) is 5.75. The third kappa shape index (κ3) is 1.38. The smallest absolute Gasteiger partial charge is 0.106 e. The number of fused-ring (bicyclic) bond motifs is 1. The van der Waals surface area contributed by atoms with Gasteiger partial charge in [-0.1, -0.05) is 6.92 Å². The van der Waals surface area contributed by atoms with Gasteiger partial charge in [-0.3, -0.25) is 4.90 Å². The molecule has 0 aromatic rings. The molecule has 2 aliphatic rings. The van der Waals surface area contributed by atoms with E-state index in [1.54, 1.807) is 0 Å². The SMILES string of the molecule is C[C@H]1CC[C@@H]2C(C1)S[C@H](N)N2C. The molecular weight excluding hydrogens is 168 g/mol. The summed E-state index contributed by atoms with van der Waals surface area (Å²) in [7, 11) is 2.16. The van der Waals surface area contributed by atoms with E-state index in [1.807, 2.05) is 11.8 Å². The van der Waals surface area contributed by atoms with Crippen LogP contribution in [0, 0.1) is 5.92 Å². The summed E-state index contributed by atoms with van der Waals surface area (Å²) in [5.41, 5.74) is 6.23. The number of hydrogen-bond donors (Lipinski definition) is 1. The van der Waals surface area contributed by atoms with Crippen LogP contribution in [0.4, 0.5) is 0 Å². The zero-order valence-corrected chi connectivity index (χ0v) is 8.68. The fraction of sp³-hybridized carbons (Fsp3) is 1.00. The molecule has 2 nitrogen and oxygen atoms in total. The Morgan fingerprint density at radius 2 is 2.17 bits per heavy atom. The Hall–Kier alpha value is 0.270. The van der Waals surface area contributed by atoms with Gasteiger partial charge in [-0.25, -0.2) is 0 Å². The molecule has 1 aliphatic carbocycles. The van der Waals surface area contributed by atoms with Crippen molar-refractivity contribution in [3.63, 3.8) is 0 Å². The molecule has 0 amide bonds. The summed E-state index contributed by atoms with van der Waals surface area (Å²) in [5.74, 6) is 0.914. The normalized spacial score (nSPS) is 49.2. The lowest BCUT2D eigenvalue weighted by Gasteiger charge is -2.31. The van der Waals surface area contributed by atoms with Crippen molar-refractivity contribution in [2.45, 2.75) is 43.0 Å². The molecule has 1 saturated carbocycles. The zero-order chi connectivity index (χ0) is 8.72. The van der Waals surface area contributed by atoms with E-state index in [0.717, 1.165) is 17.2 Å². The first-order chi connectivity index (χ1) is 5.68. The molecule has 4 atom stereocenters. The van der Waals surface area contributed by atoms with Crippen LogP contribution < -0.4 is 5.73 Å². The Morgan fingerprint density at radius 3 is 2.92 bits per heavy atom. The van der Waals surface area contributed by atoms with Crippen LogP contribution in [-0.2, 0) is 0 Å². The van der Waals surface area contributed by atoms with Crippen LogP contribution in [0.15, 0.2) is 0 Å². The summed E-state index contributed by atoms with van der Waals surface area (Å²) in [4.78, 5) is 2.35. The topological polar surface area (TPSA) is 29.3 Å². The van der Waals surface area contributed by atoms with E-state index in [9.17, 15) is 0 Å². The van der Waals surface area contributed by atoms with Crippen LogP contribution in [0.1, 0.15) is 26.2 Å². The van der Waals surface area contributed by atoms with E-state index in [1.165, 1.54) is 19.3 Å². The quantitative estimate of drug-likeness (QED) is 0.621. The number of nitrogens with two attached hydrogens (primary N) is 1. The maximum absolute atomic E-state index is 5.97. The Balaban J connectivity index is 2.04. The van der Waals surface area contributed by atoms with Crippen molar-refractivity contribution in [2.24, 2.45) is 11.7 Å². The summed E-state index contributed by atoms with van der Waals surface area (Å²) in [6.45, 7) is 2.36. The molecule has 1 heterocycles. The van der Waals surface area contributed by atoms with E-state index in [-0.39, 0.29) is 5.50 Å². The number of nitrogens with zero attached hydrogens (tertiary/aromatic N) is 1. The van der Waals surface area contributed by atoms with Gasteiger partial charge in [0.2, 0.25) is 0 Å². The predicted octanol–water partition coefficient (Wildman–Crippen LogP) is 1.46. The second-order valence-corrected chi connectivity index (χ2v) is 5.58. The monoisotopic (exact) mass is 186 g/mol. The fourth-order valence-corrected chi connectivity index (χ4v) is 4.04. The third-order valence-corrected chi connectivity index (χ3v) is 4.73. The molecule has 0 bridgehead atoms. The summed E-state index contributed by atoms with van der Waals surface area (Å²) < 4.78 is 0. The van der Waals surface area contributed by atoms with Gasteiger partial charge in [0, 0.05) is 11.3 Å². The Kier molecular flexibility index (Phi) is 2.36. The minimum atomic E-state index is 0.255. The van der Waals surface area contributed by atoms with Gasteiger partial charge in [0.15, 0.2) is 0 Å². The van der Waals surface area contributed by atoms with Gasteiger partial charge in [-0.15, -0.1) is 11.8 Å². The van der Waals surface area contributed by atoms with Crippen molar-refractivity contribution in [2.75, 3.05) is 7.05 Å². The summed E-state index contributed by atoms with van der Waals surface area (Å²) in [6, 6.07) is 0.765. The Bertz CT molecular complexity index is 172. The number of hydrogen-bond acceptors (Lipinski definition) is 3. The molecule has 12 heavy (non-hydrogen) atoms. The number of thioether (sulfide) groups is 1. The highest BCUT2D eigenvalue weighted by atomic mass is 32.2. The standard InChI is InChI=1S/C9H18N2S/c1-6-3-4-7-8(5-6)12-9(10)11(7)2/h6-9H,3-5,10H2,1-2H3/t6-,7+,8?,9+/m0/s1. The lowest BCUT2D eigenvalue weighted by molar-refractivity contribution is 0.190. The van der Waals surface area contributed by atoms with Crippen LogP contribution in [0.5, 0.6) is 0 Å². The predicted molar refractivity (Wildman–Crippen MR) is 53.9 cm³/mol. The van der Waals surface area contributed by atoms with Gasteiger partial charge in [0.05, 0.1) is 0 Å². The molecule has 2 N–H and O–H groups in total. The highest BCUT2D eigenvalue weighted by molar-refractivity contribution is 8.00. The van der Waals surface area contributed by atoms with Crippen LogP contribution in [0.2, 0.25) is 0 Å². The minimum absolute atomic E-state index is 0.255. The van der Waals surface area contributed by atoms with Crippen molar-refractivity contribution in [3.8, 4) is 0 Å². The first kappa shape index (κ1) is 8.85. The van der Waals surface area contributed by atoms with Crippen LogP contribution in [0.25, 0.3) is 0 Å². The largest absolute Gasteiger partial charge is 0.307 e. The molecule has 0 aromatic heterocycles. The Morgan fingerprint density at radius 1 is 1.42 bits per heavy atom.